The smallest absolute Gasteiger partial charge is 0.339 e. The summed E-state index contributed by atoms with van der Waals surface area (Å²) >= 11 is 8.09. The summed E-state index contributed by atoms with van der Waals surface area (Å²) in [5.41, 5.74) is 9.20. The van der Waals surface area contributed by atoms with E-state index in [0.29, 0.717) is 11.6 Å². The predicted molar refractivity (Wildman–Crippen MR) is 238 cm³/mol. The van der Waals surface area contributed by atoms with Gasteiger partial charge in [-0.2, -0.15) is 0 Å². The highest BCUT2D eigenvalue weighted by molar-refractivity contribution is 7.99. The Hall–Kier alpha value is -3.28. The fourth-order valence-corrected chi connectivity index (χ4v) is 10.3. The maximum absolute atomic E-state index is 13.3. The fraction of sp³-hybridized carbons (Fsp3) is 0.511. The lowest BCUT2D eigenvalue weighted by molar-refractivity contribution is 0.0271. The third-order valence-corrected chi connectivity index (χ3v) is 15.0. The van der Waals surface area contributed by atoms with E-state index >= 15 is 0 Å². The van der Waals surface area contributed by atoms with Gasteiger partial charge in [0.15, 0.2) is 0 Å². The lowest BCUT2D eigenvalue weighted by Gasteiger charge is -2.43. The summed E-state index contributed by atoms with van der Waals surface area (Å²) in [5, 5.41) is 2.82. The van der Waals surface area contributed by atoms with Crippen molar-refractivity contribution in [3.05, 3.63) is 82.5 Å². The Kier molecular flexibility index (Phi) is 12.3. The minimum absolute atomic E-state index is 0.107. The van der Waals surface area contributed by atoms with Gasteiger partial charge in [0.05, 0.1) is 24.0 Å². The van der Waals surface area contributed by atoms with Gasteiger partial charge in [0.1, 0.15) is 16.9 Å². The molecular formula is C45H60ClN5O3SSi. The molecule has 8 nitrogen and oxygen atoms in total. The zero-order valence-electron chi connectivity index (χ0n) is 34.7. The lowest BCUT2D eigenvalue weighted by Crippen LogP contribution is -2.50. The Morgan fingerprint density at radius 2 is 1.73 bits per heavy atom. The van der Waals surface area contributed by atoms with E-state index in [2.05, 4.69) is 109 Å². The number of methoxy groups -OCH3 is 1. The number of allylic oxidation sites excluding steroid dienone is 1. The van der Waals surface area contributed by atoms with Gasteiger partial charge in [0, 0.05) is 81.5 Å². The second kappa shape index (κ2) is 16.9. The molecule has 2 aliphatic heterocycles. The molecule has 2 aromatic carbocycles. The zero-order valence-corrected chi connectivity index (χ0v) is 37.2. The van der Waals surface area contributed by atoms with Crippen LogP contribution in [0, 0.1) is 5.41 Å². The molecule has 0 saturated carbocycles. The van der Waals surface area contributed by atoms with E-state index in [-0.39, 0.29) is 17.6 Å². The molecule has 11 heteroatoms. The molecule has 2 atom stereocenters. The van der Waals surface area contributed by atoms with Crippen molar-refractivity contribution in [3.8, 4) is 0 Å². The molecule has 0 radical (unpaired) electrons. The van der Waals surface area contributed by atoms with Gasteiger partial charge in [0.25, 0.3) is 0 Å². The highest BCUT2D eigenvalue weighted by Crippen LogP contribution is 2.45. The maximum atomic E-state index is 13.3. The van der Waals surface area contributed by atoms with Gasteiger partial charge >= 0.3 is 5.97 Å². The maximum Gasteiger partial charge on any atom is 0.339 e. The van der Waals surface area contributed by atoms with Crippen molar-refractivity contribution in [2.24, 2.45) is 5.41 Å². The molecule has 0 bridgehead atoms. The Bertz CT molecular complexity index is 2070. The van der Waals surface area contributed by atoms with E-state index in [0.717, 1.165) is 109 Å². The van der Waals surface area contributed by atoms with Crippen molar-refractivity contribution >= 4 is 71.1 Å². The van der Waals surface area contributed by atoms with E-state index in [4.69, 9.17) is 26.1 Å². The number of nitrogens with zero attached hydrogens (tertiary/aromatic N) is 5. The molecule has 1 saturated heterocycles. The van der Waals surface area contributed by atoms with E-state index in [1.165, 1.54) is 24.7 Å². The Morgan fingerprint density at radius 3 is 2.45 bits per heavy atom. The van der Waals surface area contributed by atoms with Crippen molar-refractivity contribution in [3.63, 3.8) is 0 Å². The average molecular weight is 815 g/mol. The monoisotopic (exact) mass is 813 g/mol. The number of hydrogen-bond donors (Lipinski definition) is 0. The molecule has 7 rings (SSSR count). The number of carbonyl (C=O) groups excluding carboxylic acids is 1. The van der Waals surface area contributed by atoms with Crippen molar-refractivity contribution in [1.29, 1.82) is 0 Å². The van der Waals surface area contributed by atoms with Gasteiger partial charge in [-0.3, -0.25) is 4.90 Å². The van der Waals surface area contributed by atoms with E-state index < -0.39 is 8.07 Å². The average Bonchev–Trinajstić information content (AvgIpc) is 3.48. The van der Waals surface area contributed by atoms with Crippen molar-refractivity contribution < 1.29 is 14.3 Å². The molecule has 4 heterocycles. The Labute approximate surface area is 344 Å². The van der Waals surface area contributed by atoms with E-state index in [1.807, 2.05) is 18.2 Å². The van der Waals surface area contributed by atoms with Crippen LogP contribution in [0.15, 0.2) is 71.4 Å². The molecule has 2 aromatic heterocycles. The third kappa shape index (κ3) is 9.05. The number of anilines is 3. The first-order chi connectivity index (χ1) is 26.7. The quantitative estimate of drug-likeness (QED) is 0.110. The predicted octanol–water partition coefficient (Wildman–Crippen LogP) is 11.2. The number of aromatic nitrogens is 2. The van der Waals surface area contributed by atoms with Crippen LogP contribution in [0.1, 0.15) is 75.5 Å². The van der Waals surface area contributed by atoms with Crippen LogP contribution in [0.2, 0.25) is 30.7 Å². The van der Waals surface area contributed by atoms with Gasteiger partial charge in [0.2, 0.25) is 0 Å². The lowest BCUT2D eigenvalue weighted by atomic mass is 9.71. The topological polar surface area (TPSA) is 63.1 Å². The number of fused-ring (bicyclic) bond motifs is 2. The molecule has 1 fully saturated rings. The highest BCUT2D eigenvalue weighted by Gasteiger charge is 2.33. The van der Waals surface area contributed by atoms with Crippen LogP contribution in [-0.2, 0) is 9.47 Å². The summed E-state index contributed by atoms with van der Waals surface area (Å²) in [7, 11) is 0.273. The van der Waals surface area contributed by atoms with Crippen molar-refractivity contribution in [1.82, 2.24) is 14.5 Å². The van der Waals surface area contributed by atoms with Crippen LogP contribution >= 0.6 is 23.4 Å². The van der Waals surface area contributed by atoms with Crippen molar-refractivity contribution in [2.45, 2.75) is 96.4 Å². The SMILES string of the molecule is COC(=O)c1ccc(N2CCN(C(C)C3=C(c4ccc(Cl)cc4)CC(C)(C)CC3)CC2)cc1N1CCCSc2nc3c(ccn3C(C)OCC[Si](C)(C)C)cc21. The first kappa shape index (κ1) is 40.9. The minimum Gasteiger partial charge on any atom is -0.465 e. The first-order valence-corrected chi connectivity index (χ1v) is 25.5. The van der Waals surface area contributed by atoms with Crippen molar-refractivity contribution in [2.75, 3.05) is 62.0 Å². The molecule has 0 N–H and O–H groups in total. The molecular weight excluding hydrogens is 754 g/mol. The number of ether oxygens (including phenoxy) is 2. The minimum atomic E-state index is -1.19. The number of carbonyl (C=O) groups is 1. The van der Waals surface area contributed by atoms with Crippen LogP contribution in [0.4, 0.5) is 17.1 Å². The van der Waals surface area contributed by atoms with Gasteiger partial charge < -0.3 is 23.8 Å². The number of thioether (sulfide) groups is 1. The number of pyridine rings is 1. The van der Waals surface area contributed by atoms with Crippen LogP contribution < -0.4 is 9.80 Å². The second-order valence-electron chi connectivity index (χ2n) is 17.8. The first-order valence-electron chi connectivity index (χ1n) is 20.4. The number of piperazine rings is 1. The van der Waals surface area contributed by atoms with Gasteiger partial charge in [-0.15, -0.1) is 11.8 Å². The normalized spacial score (nSPS) is 19.2. The van der Waals surface area contributed by atoms with Gasteiger partial charge in [-0.1, -0.05) is 57.2 Å². The molecule has 300 valence electrons. The van der Waals surface area contributed by atoms with E-state index in [9.17, 15) is 4.79 Å². The van der Waals surface area contributed by atoms with Crippen LogP contribution in [0.5, 0.6) is 0 Å². The molecule has 56 heavy (non-hydrogen) atoms. The summed E-state index contributed by atoms with van der Waals surface area (Å²) in [4.78, 5) is 26.0. The molecule has 2 unspecified atom stereocenters. The number of esters is 1. The largest absolute Gasteiger partial charge is 0.465 e. The number of halogens is 1. The van der Waals surface area contributed by atoms with Crippen LogP contribution in [-0.4, -0.2) is 86.7 Å². The second-order valence-corrected chi connectivity index (χ2v) is 25.0. The van der Waals surface area contributed by atoms with E-state index in [1.54, 1.807) is 17.3 Å². The zero-order chi connectivity index (χ0) is 39.8. The summed E-state index contributed by atoms with van der Waals surface area (Å²) < 4.78 is 13.8. The Balaban J connectivity index is 1.14. The Morgan fingerprint density at radius 1 is 0.982 bits per heavy atom. The fourth-order valence-electron chi connectivity index (χ4n) is 8.54. The molecule has 1 aliphatic carbocycles. The summed E-state index contributed by atoms with van der Waals surface area (Å²) in [6.07, 6.45) is 6.36. The highest BCUT2D eigenvalue weighted by atomic mass is 35.5. The summed E-state index contributed by atoms with van der Waals surface area (Å²) in [6.45, 7) is 21.7. The summed E-state index contributed by atoms with van der Waals surface area (Å²) in [5.74, 6) is 0.625. The molecule has 0 spiro atoms. The van der Waals surface area contributed by atoms with Crippen LogP contribution in [0.25, 0.3) is 16.6 Å². The molecule has 3 aliphatic rings. The van der Waals surface area contributed by atoms with Gasteiger partial charge in [-0.05, 0) is 110 Å². The molecule has 4 aromatic rings. The number of hydrogen-bond acceptors (Lipinski definition) is 8. The summed E-state index contributed by atoms with van der Waals surface area (Å²) in [6, 6.07) is 20.6. The molecule has 0 amide bonds. The standard InChI is InChI=1S/C45H60ClN5O3SSi/c1-31(37-16-18-45(3,4)30-39(37)33-10-12-35(46)13-11-33)48-21-23-49(24-22-48)36-14-15-38(44(52)53-5)40(29-36)51-19-9-26-55-43-41(51)28-34-17-20-50(42(34)47-43)32(2)54-25-27-56(6,7)8/h10-15,17,20,28-29,31-32H,9,16,18-19,21-27,30H2,1-8H3. The number of rotatable bonds is 11. The number of benzene rings is 2. The third-order valence-electron chi connectivity index (χ3n) is 12.0. The van der Waals surface area contributed by atoms with Crippen LogP contribution in [0.3, 0.4) is 0 Å². The van der Waals surface area contributed by atoms with Gasteiger partial charge in [-0.25, -0.2) is 9.78 Å².